The van der Waals surface area contributed by atoms with E-state index in [0.717, 1.165) is 17.1 Å². The second-order valence-electron chi connectivity index (χ2n) is 9.14. The van der Waals surface area contributed by atoms with Crippen LogP contribution in [0.1, 0.15) is 37.8 Å². The van der Waals surface area contributed by atoms with Crippen molar-refractivity contribution in [2.24, 2.45) is 0 Å². The van der Waals surface area contributed by atoms with Crippen molar-refractivity contribution in [2.45, 2.75) is 51.1 Å². The highest BCUT2D eigenvalue weighted by Gasteiger charge is 2.33. The van der Waals surface area contributed by atoms with Crippen LogP contribution in [0.15, 0.2) is 77.7 Å². The number of amides is 2. The molecule has 0 fully saturated rings. The molecule has 0 heterocycles. The van der Waals surface area contributed by atoms with Crippen LogP contribution >= 0.6 is 11.6 Å². The second kappa shape index (κ2) is 13.6. The molecule has 0 aliphatic carbocycles. The van der Waals surface area contributed by atoms with E-state index in [1.165, 1.54) is 35.2 Å². The average Bonchev–Trinajstić information content (AvgIpc) is 2.93. The summed E-state index contributed by atoms with van der Waals surface area (Å²) in [6.07, 6.45) is 1.63. The van der Waals surface area contributed by atoms with Gasteiger partial charge in [-0.2, -0.15) is 0 Å². The third-order valence-electron chi connectivity index (χ3n) is 6.41. The normalized spacial score (nSPS) is 12.0. The molecule has 3 aromatic rings. The van der Waals surface area contributed by atoms with Crippen LogP contribution in [0.2, 0.25) is 5.02 Å². The Bertz CT molecular complexity index is 1400. The molecule has 7 nitrogen and oxygen atoms in total. The molecule has 1 N–H and O–H groups in total. The number of nitrogens with zero attached hydrogens (tertiary/aromatic N) is 2. The molecule has 1 atom stereocenters. The van der Waals surface area contributed by atoms with Gasteiger partial charge in [0.05, 0.1) is 10.6 Å². The van der Waals surface area contributed by atoms with Crippen molar-refractivity contribution in [1.82, 2.24) is 10.2 Å². The Morgan fingerprint density at radius 1 is 1.00 bits per heavy atom. The summed E-state index contributed by atoms with van der Waals surface area (Å²) in [4.78, 5) is 28.0. The number of halogens is 2. The van der Waals surface area contributed by atoms with Crippen molar-refractivity contribution in [3.8, 4) is 0 Å². The summed E-state index contributed by atoms with van der Waals surface area (Å²) >= 11 is 6.32. The first kappa shape index (κ1) is 30.1. The fourth-order valence-corrected chi connectivity index (χ4v) is 5.69. The first-order chi connectivity index (χ1) is 18.6. The molecule has 39 heavy (non-hydrogen) atoms. The number of hydrogen-bond acceptors (Lipinski definition) is 4. The molecule has 3 aromatic carbocycles. The lowest BCUT2D eigenvalue weighted by Crippen LogP contribution is -2.51. The minimum Gasteiger partial charge on any atom is -0.354 e. The van der Waals surface area contributed by atoms with Gasteiger partial charge in [0.1, 0.15) is 18.4 Å². The summed E-state index contributed by atoms with van der Waals surface area (Å²) in [6.45, 7) is 4.78. The zero-order chi connectivity index (χ0) is 28.6. The Hall–Kier alpha value is -3.43. The highest BCUT2D eigenvalue weighted by Crippen LogP contribution is 2.31. The molecule has 0 saturated carbocycles. The molecule has 0 spiro atoms. The van der Waals surface area contributed by atoms with Crippen LogP contribution in [-0.4, -0.2) is 44.3 Å². The van der Waals surface area contributed by atoms with Crippen LogP contribution in [0.25, 0.3) is 0 Å². The Labute approximate surface area is 234 Å². The SMILES string of the molecule is CCCCNC(=O)[C@@H](C)N(Cc1ccccc1F)C(=O)CN(c1cccc(Cl)c1C)S(=O)(=O)c1ccccc1. The van der Waals surface area contributed by atoms with E-state index < -0.39 is 40.2 Å². The number of carbonyl (C=O) groups excluding carboxylic acids is 2. The summed E-state index contributed by atoms with van der Waals surface area (Å²) in [6, 6.07) is 17.5. The van der Waals surface area contributed by atoms with E-state index in [4.69, 9.17) is 11.6 Å². The zero-order valence-electron chi connectivity index (χ0n) is 22.2. The topological polar surface area (TPSA) is 86.8 Å². The van der Waals surface area contributed by atoms with Gasteiger partial charge in [-0.05, 0) is 56.2 Å². The third kappa shape index (κ3) is 7.36. The Kier molecular flexibility index (Phi) is 10.5. The predicted octanol–water partition coefficient (Wildman–Crippen LogP) is 5.32. The standard InChI is InChI=1S/C29H33ClFN3O4S/c1-4-5-18-32-29(36)22(3)33(19-23-12-9-10-16-26(23)31)28(35)20-34(27-17-11-15-25(30)21(27)2)39(37,38)24-13-7-6-8-14-24/h6-17,22H,4-5,18-20H2,1-3H3,(H,32,36)/t22-/m1/s1. The average molecular weight is 574 g/mol. The molecule has 10 heteroatoms. The molecular weight excluding hydrogens is 541 g/mol. The number of hydrogen-bond donors (Lipinski definition) is 1. The first-order valence-corrected chi connectivity index (χ1v) is 14.5. The van der Waals surface area contributed by atoms with Crippen LogP contribution in [0.4, 0.5) is 10.1 Å². The molecule has 0 aliphatic heterocycles. The lowest BCUT2D eigenvalue weighted by molar-refractivity contribution is -0.139. The van der Waals surface area contributed by atoms with Crippen LogP contribution in [-0.2, 0) is 26.2 Å². The van der Waals surface area contributed by atoms with Crippen molar-refractivity contribution in [3.63, 3.8) is 0 Å². The van der Waals surface area contributed by atoms with Gasteiger partial charge in [0.2, 0.25) is 11.8 Å². The van der Waals surface area contributed by atoms with Crippen molar-refractivity contribution in [3.05, 3.63) is 94.8 Å². The van der Waals surface area contributed by atoms with Gasteiger partial charge in [-0.15, -0.1) is 0 Å². The number of benzene rings is 3. The summed E-state index contributed by atoms with van der Waals surface area (Å²) in [5.74, 6) is -1.62. The molecule has 0 bridgehead atoms. The molecule has 0 unspecified atom stereocenters. The van der Waals surface area contributed by atoms with Crippen LogP contribution in [0, 0.1) is 12.7 Å². The van der Waals surface area contributed by atoms with Gasteiger partial charge in [-0.25, -0.2) is 12.8 Å². The van der Waals surface area contributed by atoms with E-state index in [-0.39, 0.29) is 22.7 Å². The molecule has 0 aliphatic rings. The predicted molar refractivity (Wildman–Crippen MR) is 151 cm³/mol. The largest absolute Gasteiger partial charge is 0.354 e. The molecule has 0 radical (unpaired) electrons. The maximum Gasteiger partial charge on any atom is 0.264 e. The number of nitrogens with one attached hydrogen (secondary N) is 1. The van der Waals surface area contributed by atoms with E-state index >= 15 is 0 Å². The summed E-state index contributed by atoms with van der Waals surface area (Å²) < 4.78 is 43.2. The number of anilines is 1. The zero-order valence-corrected chi connectivity index (χ0v) is 23.8. The van der Waals surface area contributed by atoms with Crippen molar-refractivity contribution in [2.75, 3.05) is 17.4 Å². The van der Waals surface area contributed by atoms with Gasteiger partial charge in [0, 0.05) is 23.7 Å². The Morgan fingerprint density at radius 3 is 2.33 bits per heavy atom. The maximum absolute atomic E-state index is 14.6. The summed E-state index contributed by atoms with van der Waals surface area (Å²) in [7, 11) is -4.21. The molecule has 208 valence electrons. The molecule has 2 amide bonds. The van der Waals surface area contributed by atoms with E-state index in [1.54, 1.807) is 56.3 Å². The monoisotopic (exact) mass is 573 g/mol. The van der Waals surface area contributed by atoms with Crippen molar-refractivity contribution in [1.29, 1.82) is 0 Å². The molecule has 3 rings (SSSR count). The van der Waals surface area contributed by atoms with E-state index in [2.05, 4.69) is 5.32 Å². The lowest BCUT2D eigenvalue weighted by Gasteiger charge is -2.32. The van der Waals surface area contributed by atoms with Crippen molar-refractivity contribution < 1.29 is 22.4 Å². The van der Waals surface area contributed by atoms with Gasteiger partial charge >= 0.3 is 0 Å². The highest BCUT2D eigenvalue weighted by atomic mass is 35.5. The van der Waals surface area contributed by atoms with Crippen LogP contribution < -0.4 is 9.62 Å². The van der Waals surface area contributed by atoms with Crippen molar-refractivity contribution >= 4 is 39.1 Å². The van der Waals surface area contributed by atoms with E-state index in [1.807, 2.05) is 6.92 Å². The van der Waals surface area contributed by atoms with Gasteiger partial charge in [-0.3, -0.25) is 13.9 Å². The van der Waals surface area contributed by atoms with Gasteiger partial charge in [-0.1, -0.05) is 67.4 Å². The Balaban J connectivity index is 2.04. The fourth-order valence-electron chi connectivity index (χ4n) is 4.03. The van der Waals surface area contributed by atoms with Crippen LogP contribution in [0.5, 0.6) is 0 Å². The van der Waals surface area contributed by atoms with Gasteiger partial charge in [0.15, 0.2) is 0 Å². The van der Waals surface area contributed by atoms with Gasteiger partial charge < -0.3 is 10.2 Å². The molecule has 0 saturated heterocycles. The second-order valence-corrected chi connectivity index (χ2v) is 11.4. The number of unbranched alkanes of at least 4 members (excludes halogenated alkanes) is 1. The Morgan fingerprint density at radius 2 is 1.67 bits per heavy atom. The lowest BCUT2D eigenvalue weighted by atomic mass is 10.1. The smallest absolute Gasteiger partial charge is 0.264 e. The number of carbonyl (C=O) groups is 2. The minimum absolute atomic E-state index is 0.0109. The summed E-state index contributed by atoms with van der Waals surface area (Å²) in [5.41, 5.74) is 0.901. The number of rotatable bonds is 12. The van der Waals surface area contributed by atoms with E-state index in [0.29, 0.717) is 17.1 Å². The summed E-state index contributed by atoms with van der Waals surface area (Å²) in [5, 5.41) is 3.13. The van der Waals surface area contributed by atoms with Gasteiger partial charge in [0.25, 0.3) is 10.0 Å². The third-order valence-corrected chi connectivity index (χ3v) is 8.60. The van der Waals surface area contributed by atoms with E-state index in [9.17, 15) is 22.4 Å². The number of sulfonamides is 1. The molecule has 0 aromatic heterocycles. The molecular formula is C29H33ClFN3O4S. The van der Waals surface area contributed by atoms with Crippen LogP contribution in [0.3, 0.4) is 0 Å². The maximum atomic E-state index is 14.6. The fraction of sp³-hybridized carbons (Fsp3) is 0.310. The highest BCUT2D eigenvalue weighted by molar-refractivity contribution is 7.92. The minimum atomic E-state index is -4.21. The quantitative estimate of drug-likeness (QED) is 0.297. The first-order valence-electron chi connectivity index (χ1n) is 12.7.